The van der Waals surface area contributed by atoms with Gasteiger partial charge in [0.2, 0.25) is 5.91 Å². The van der Waals surface area contributed by atoms with Crippen molar-refractivity contribution in [3.05, 3.63) is 76.7 Å². The van der Waals surface area contributed by atoms with Crippen molar-refractivity contribution in [1.82, 2.24) is 34.6 Å². The Hall–Kier alpha value is -4.05. The molecule has 0 bridgehead atoms. The molecule has 35 heavy (non-hydrogen) atoms. The summed E-state index contributed by atoms with van der Waals surface area (Å²) in [7, 11) is 0. The molecule has 10 heteroatoms. The fraction of sp³-hybridized carbons (Fsp3) is 0.160. The van der Waals surface area contributed by atoms with Gasteiger partial charge in [-0.15, -0.1) is 0 Å². The minimum atomic E-state index is -0.0259. The van der Waals surface area contributed by atoms with Crippen molar-refractivity contribution in [2.75, 3.05) is 5.73 Å². The summed E-state index contributed by atoms with van der Waals surface area (Å²) >= 11 is 3.68. The Balaban J connectivity index is 1.60. The van der Waals surface area contributed by atoms with E-state index in [0.717, 1.165) is 34.1 Å². The lowest BCUT2D eigenvalue weighted by Gasteiger charge is -2.15. The van der Waals surface area contributed by atoms with E-state index in [1.807, 2.05) is 41.1 Å². The molecule has 4 aromatic heterocycles. The van der Waals surface area contributed by atoms with Crippen molar-refractivity contribution in [2.45, 2.75) is 25.8 Å². The van der Waals surface area contributed by atoms with Crippen LogP contribution in [0.2, 0.25) is 0 Å². The molecular weight excluding hydrogens is 508 g/mol. The Bertz CT molecular complexity index is 1590. The average Bonchev–Trinajstić information content (AvgIpc) is 3.58. The highest BCUT2D eigenvalue weighted by Gasteiger charge is 2.26. The highest BCUT2D eigenvalue weighted by molar-refractivity contribution is 9.10. The molecule has 1 amide bonds. The van der Waals surface area contributed by atoms with Crippen LogP contribution in [0.1, 0.15) is 30.5 Å². The highest BCUT2D eigenvalue weighted by atomic mass is 79.9. The number of anilines is 1. The van der Waals surface area contributed by atoms with Crippen LogP contribution in [-0.2, 0) is 11.2 Å². The SMILES string of the molecule is CC(=O)NC1CCc2cc(-n3c(-c4cccnc4N)nc4c(Br)cc(-n5cccn5)nc43)ccc21. The Morgan fingerprint density at radius 2 is 2.06 bits per heavy atom. The van der Waals surface area contributed by atoms with Crippen LogP contribution in [0.25, 0.3) is 34.1 Å². The summed E-state index contributed by atoms with van der Waals surface area (Å²) < 4.78 is 4.51. The van der Waals surface area contributed by atoms with Gasteiger partial charge < -0.3 is 11.1 Å². The summed E-state index contributed by atoms with van der Waals surface area (Å²) in [6.07, 6.45) is 6.97. The molecule has 6 rings (SSSR count). The number of benzene rings is 1. The summed E-state index contributed by atoms with van der Waals surface area (Å²) in [4.78, 5) is 25.8. The lowest BCUT2D eigenvalue weighted by molar-refractivity contribution is -0.119. The lowest BCUT2D eigenvalue weighted by Crippen LogP contribution is -2.24. The van der Waals surface area contributed by atoms with Gasteiger partial charge in [0, 0.05) is 31.2 Å². The Kier molecular flexibility index (Phi) is 5.10. The van der Waals surface area contributed by atoms with Crippen molar-refractivity contribution >= 4 is 38.8 Å². The predicted molar refractivity (Wildman–Crippen MR) is 136 cm³/mol. The van der Waals surface area contributed by atoms with E-state index in [1.54, 1.807) is 24.0 Å². The van der Waals surface area contributed by atoms with E-state index in [9.17, 15) is 4.79 Å². The second kappa shape index (κ2) is 8.31. The summed E-state index contributed by atoms with van der Waals surface area (Å²) in [5.41, 5.74) is 11.6. The molecular formula is C25H21BrN8O. The van der Waals surface area contributed by atoms with Crippen LogP contribution in [-0.4, -0.2) is 35.2 Å². The van der Waals surface area contributed by atoms with E-state index in [-0.39, 0.29) is 11.9 Å². The van der Waals surface area contributed by atoms with E-state index < -0.39 is 0 Å². The number of carbonyl (C=O) groups excluding carboxylic acids is 1. The fourth-order valence-corrected chi connectivity index (χ4v) is 5.16. The number of nitrogens with two attached hydrogens (primary N) is 1. The number of hydrogen-bond acceptors (Lipinski definition) is 6. The van der Waals surface area contributed by atoms with Crippen LogP contribution < -0.4 is 11.1 Å². The van der Waals surface area contributed by atoms with Crippen molar-refractivity contribution < 1.29 is 4.79 Å². The number of carbonyl (C=O) groups is 1. The topological polar surface area (TPSA) is 117 Å². The Morgan fingerprint density at radius 3 is 2.83 bits per heavy atom. The number of aromatic nitrogens is 6. The molecule has 3 N–H and O–H groups in total. The molecule has 1 atom stereocenters. The fourth-order valence-electron chi connectivity index (χ4n) is 4.69. The number of aryl methyl sites for hydroxylation is 1. The van der Waals surface area contributed by atoms with Crippen LogP contribution in [0.3, 0.4) is 0 Å². The van der Waals surface area contributed by atoms with E-state index in [0.29, 0.717) is 28.6 Å². The highest BCUT2D eigenvalue weighted by Crippen LogP contribution is 2.37. The average molecular weight is 529 g/mol. The molecule has 1 unspecified atom stereocenters. The largest absolute Gasteiger partial charge is 0.383 e. The Morgan fingerprint density at radius 1 is 1.17 bits per heavy atom. The van der Waals surface area contributed by atoms with Gasteiger partial charge in [-0.3, -0.25) is 9.36 Å². The number of amides is 1. The first-order valence-corrected chi connectivity index (χ1v) is 12.0. The number of nitrogens with one attached hydrogen (secondary N) is 1. The van der Waals surface area contributed by atoms with Gasteiger partial charge >= 0.3 is 0 Å². The smallest absolute Gasteiger partial charge is 0.217 e. The molecule has 1 aromatic carbocycles. The van der Waals surface area contributed by atoms with Gasteiger partial charge in [-0.1, -0.05) is 6.07 Å². The zero-order valence-corrected chi connectivity index (χ0v) is 20.4. The molecule has 174 valence electrons. The third-order valence-corrected chi connectivity index (χ3v) is 6.82. The molecule has 1 aliphatic carbocycles. The van der Waals surface area contributed by atoms with Gasteiger partial charge in [-0.05, 0) is 76.3 Å². The maximum Gasteiger partial charge on any atom is 0.217 e. The lowest BCUT2D eigenvalue weighted by atomic mass is 10.1. The van der Waals surface area contributed by atoms with Gasteiger partial charge in [0.15, 0.2) is 17.3 Å². The Labute approximate surface area is 209 Å². The predicted octanol–water partition coefficient (Wildman–Crippen LogP) is 4.14. The van der Waals surface area contributed by atoms with E-state index in [1.165, 1.54) is 5.56 Å². The van der Waals surface area contributed by atoms with Crippen LogP contribution in [0.5, 0.6) is 0 Å². The molecule has 0 saturated heterocycles. The minimum absolute atomic E-state index is 0.0259. The summed E-state index contributed by atoms with van der Waals surface area (Å²) in [5.74, 6) is 1.67. The number of hydrogen-bond donors (Lipinski definition) is 2. The maximum atomic E-state index is 11.6. The van der Waals surface area contributed by atoms with Crippen molar-refractivity contribution in [1.29, 1.82) is 0 Å². The van der Waals surface area contributed by atoms with Crippen LogP contribution in [0.4, 0.5) is 5.82 Å². The van der Waals surface area contributed by atoms with Crippen molar-refractivity contribution in [2.24, 2.45) is 0 Å². The first kappa shape index (κ1) is 21.5. The third kappa shape index (κ3) is 3.66. The zero-order chi connectivity index (χ0) is 24.1. The summed E-state index contributed by atoms with van der Waals surface area (Å²) in [6.45, 7) is 1.55. The first-order valence-electron chi connectivity index (χ1n) is 11.2. The molecule has 0 aliphatic heterocycles. The number of fused-ring (bicyclic) bond motifs is 2. The van der Waals surface area contributed by atoms with E-state index in [2.05, 4.69) is 43.5 Å². The number of nitrogens with zero attached hydrogens (tertiary/aromatic N) is 6. The van der Waals surface area contributed by atoms with Crippen molar-refractivity contribution in [3.63, 3.8) is 0 Å². The minimum Gasteiger partial charge on any atom is -0.383 e. The van der Waals surface area contributed by atoms with Gasteiger partial charge in [0.25, 0.3) is 0 Å². The second-order valence-electron chi connectivity index (χ2n) is 8.47. The van der Waals surface area contributed by atoms with Crippen LogP contribution in [0.15, 0.2) is 65.5 Å². The second-order valence-corrected chi connectivity index (χ2v) is 9.32. The number of halogens is 1. The first-order chi connectivity index (χ1) is 17.0. The quantitative estimate of drug-likeness (QED) is 0.362. The van der Waals surface area contributed by atoms with Crippen LogP contribution >= 0.6 is 15.9 Å². The number of nitrogen functional groups attached to an aromatic ring is 1. The van der Waals surface area contributed by atoms with Gasteiger partial charge in [-0.2, -0.15) is 5.10 Å². The van der Waals surface area contributed by atoms with Gasteiger partial charge in [0.1, 0.15) is 11.3 Å². The monoisotopic (exact) mass is 528 g/mol. The maximum absolute atomic E-state index is 11.6. The molecule has 9 nitrogen and oxygen atoms in total. The molecule has 5 aromatic rings. The number of pyridine rings is 2. The van der Waals surface area contributed by atoms with Crippen molar-refractivity contribution in [3.8, 4) is 22.9 Å². The molecule has 0 fully saturated rings. The number of rotatable bonds is 4. The van der Waals surface area contributed by atoms with E-state index in [4.69, 9.17) is 15.7 Å². The summed E-state index contributed by atoms with van der Waals surface area (Å²) in [6, 6.07) is 13.8. The molecule has 0 saturated carbocycles. The molecule has 1 aliphatic rings. The molecule has 0 spiro atoms. The zero-order valence-electron chi connectivity index (χ0n) is 18.8. The summed E-state index contributed by atoms with van der Waals surface area (Å²) in [5, 5.41) is 7.38. The van der Waals surface area contributed by atoms with E-state index >= 15 is 0 Å². The van der Waals surface area contributed by atoms with Crippen LogP contribution in [0, 0.1) is 0 Å². The van der Waals surface area contributed by atoms with Gasteiger partial charge in [0.05, 0.1) is 16.1 Å². The number of imidazole rings is 1. The third-order valence-electron chi connectivity index (χ3n) is 6.21. The molecule has 0 radical (unpaired) electrons. The molecule has 4 heterocycles. The normalized spacial score (nSPS) is 14.9. The standard InChI is InChI=1S/C25H21BrN8O/c1-14(35)30-20-8-5-15-12-16(6-7-17(15)20)34-24(18-4-2-9-28-23(18)27)32-22-19(26)13-21(31-25(22)34)33-11-3-10-29-33/h2-4,6-7,9-13,20H,5,8H2,1H3,(H2,27,28)(H,30,35). The van der Waals surface area contributed by atoms with Gasteiger partial charge in [-0.25, -0.2) is 19.6 Å².